The van der Waals surface area contributed by atoms with Gasteiger partial charge in [-0.25, -0.2) is 8.42 Å². The Bertz CT molecular complexity index is 1370. The molecule has 0 saturated carbocycles. The van der Waals surface area contributed by atoms with Crippen LogP contribution in [0, 0.1) is 26.7 Å². The Morgan fingerprint density at radius 2 is 1.72 bits per heavy atom. The van der Waals surface area contributed by atoms with Crippen LogP contribution in [0.2, 0.25) is 0 Å². The summed E-state index contributed by atoms with van der Waals surface area (Å²) in [4.78, 5) is 13.0. The van der Waals surface area contributed by atoms with E-state index >= 15 is 0 Å². The molecule has 0 atom stereocenters. The summed E-state index contributed by atoms with van der Waals surface area (Å²) in [6, 6.07) is 13.4. The fourth-order valence-electron chi connectivity index (χ4n) is 4.29. The molecule has 1 N–H and O–H groups in total. The van der Waals surface area contributed by atoms with E-state index < -0.39 is 10.0 Å². The minimum absolute atomic E-state index is 0.0678. The van der Waals surface area contributed by atoms with Gasteiger partial charge in [0.25, 0.3) is 0 Å². The zero-order valence-electron chi connectivity index (χ0n) is 20.9. The molecule has 8 nitrogen and oxygen atoms in total. The van der Waals surface area contributed by atoms with Crippen molar-refractivity contribution in [3.63, 3.8) is 0 Å². The average Bonchev–Trinajstić information content (AvgIpc) is 3.25. The van der Waals surface area contributed by atoms with E-state index in [0.29, 0.717) is 30.0 Å². The van der Waals surface area contributed by atoms with Gasteiger partial charge in [-0.2, -0.15) is 4.31 Å². The number of carbonyl (C=O) groups is 1. The maximum atomic E-state index is 13.5. The highest BCUT2D eigenvalue weighted by Gasteiger charge is 2.36. The van der Waals surface area contributed by atoms with Crippen LogP contribution in [-0.4, -0.2) is 44.0 Å². The Hall–Kier alpha value is -3.43. The molecule has 1 aromatic heterocycles. The van der Waals surface area contributed by atoms with Gasteiger partial charge in [-0.3, -0.25) is 4.79 Å². The number of piperidine rings is 1. The van der Waals surface area contributed by atoms with Gasteiger partial charge in [0.2, 0.25) is 15.9 Å². The smallest absolute Gasteiger partial charge is 0.248 e. The SMILES string of the molecule is COc1ccc(C)cc1NC(=O)C1CCN(S(=O)(=O)c2c(C)noc2C=Cc2ccc(C)cc2)CC1. The molecule has 36 heavy (non-hydrogen) atoms. The van der Waals surface area contributed by atoms with E-state index in [9.17, 15) is 13.2 Å². The molecule has 4 rings (SSSR count). The van der Waals surface area contributed by atoms with Crippen molar-refractivity contribution in [2.45, 2.75) is 38.5 Å². The second kappa shape index (κ2) is 10.7. The quantitative estimate of drug-likeness (QED) is 0.490. The normalized spacial score (nSPS) is 15.3. The molecular weight excluding hydrogens is 478 g/mol. The summed E-state index contributed by atoms with van der Waals surface area (Å²) in [5.74, 6) is 0.340. The van der Waals surface area contributed by atoms with Crippen molar-refractivity contribution in [3.05, 3.63) is 70.6 Å². The summed E-state index contributed by atoms with van der Waals surface area (Å²) in [5.41, 5.74) is 3.99. The number of benzene rings is 2. The standard InChI is InChI=1S/C27H31N3O5S/c1-18-5-8-21(9-6-18)10-12-25-26(20(3)29-35-25)36(32,33)30-15-13-22(14-16-30)27(31)28-23-17-19(2)7-11-24(23)34-4/h5-12,17,22H,13-16H2,1-4H3,(H,28,31). The number of amides is 1. The van der Waals surface area contributed by atoms with Crippen LogP contribution in [0.3, 0.4) is 0 Å². The van der Waals surface area contributed by atoms with Crippen LogP contribution in [0.15, 0.2) is 51.9 Å². The van der Waals surface area contributed by atoms with Gasteiger partial charge in [-0.05, 0) is 62.9 Å². The third-order valence-electron chi connectivity index (χ3n) is 6.37. The first kappa shape index (κ1) is 25.7. The van der Waals surface area contributed by atoms with Crippen molar-refractivity contribution in [2.24, 2.45) is 5.92 Å². The third kappa shape index (κ3) is 5.52. The molecule has 3 aromatic rings. The second-order valence-corrected chi connectivity index (χ2v) is 11.0. The van der Waals surface area contributed by atoms with Crippen LogP contribution in [0.4, 0.5) is 5.69 Å². The van der Waals surface area contributed by atoms with Gasteiger partial charge in [0.05, 0.1) is 12.8 Å². The molecule has 0 radical (unpaired) electrons. The number of methoxy groups -OCH3 is 1. The minimum atomic E-state index is -3.84. The Labute approximate surface area is 212 Å². The van der Waals surface area contributed by atoms with Crippen LogP contribution in [0.5, 0.6) is 5.75 Å². The van der Waals surface area contributed by atoms with Crippen molar-refractivity contribution in [1.82, 2.24) is 9.46 Å². The summed E-state index contributed by atoms with van der Waals surface area (Å²) in [6.07, 6.45) is 4.26. The number of ether oxygens (including phenoxy) is 1. The molecule has 1 fully saturated rings. The Morgan fingerprint density at radius 3 is 2.39 bits per heavy atom. The van der Waals surface area contributed by atoms with Crippen LogP contribution in [0.25, 0.3) is 12.2 Å². The zero-order chi connectivity index (χ0) is 25.9. The van der Waals surface area contributed by atoms with Crippen LogP contribution in [0.1, 0.15) is 41.0 Å². The maximum Gasteiger partial charge on any atom is 0.248 e. The van der Waals surface area contributed by atoms with Crippen molar-refractivity contribution < 1.29 is 22.5 Å². The second-order valence-electron chi connectivity index (χ2n) is 9.08. The predicted octanol–water partition coefficient (Wildman–Crippen LogP) is 4.82. The van der Waals surface area contributed by atoms with Gasteiger partial charge in [-0.1, -0.05) is 47.1 Å². The minimum Gasteiger partial charge on any atom is -0.495 e. The molecule has 2 aromatic carbocycles. The van der Waals surface area contributed by atoms with E-state index in [0.717, 1.165) is 16.7 Å². The molecule has 190 valence electrons. The van der Waals surface area contributed by atoms with Gasteiger partial charge in [0.15, 0.2) is 10.7 Å². The first-order valence-electron chi connectivity index (χ1n) is 11.9. The highest BCUT2D eigenvalue weighted by atomic mass is 32.2. The van der Waals surface area contributed by atoms with Crippen LogP contribution >= 0.6 is 0 Å². The molecule has 0 spiro atoms. The fraction of sp³-hybridized carbons (Fsp3) is 0.333. The summed E-state index contributed by atoms with van der Waals surface area (Å²) < 4.78 is 39.1. The summed E-state index contributed by atoms with van der Waals surface area (Å²) in [5, 5.41) is 6.85. The van der Waals surface area contributed by atoms with Crippen molar-refractivity contribution >= 4 is 33.8 Å². The number of hydrogen-bond acceptors (Lipinski definition) is 6. The topological polar surface area (TPSA) is 102 Å². The van der Waals surface area contributed by atoms with Crippen molar-refractivity contribution in [3.8, 4) is 5.75 Å². The highest BCUT2D eigenvalue weighted by molar-refractivity contribution is 7.89. The number of rotatable bonds is 7. The Kier molecular flexibility index (Phi) is 7.61. The predicted molar refractivity (Wildman–Crippen MR) is 139 cm³/mol. The molecule has 9 heteroatoms. The van der Waals surface area contributed by atoms with E-state index in [2.05, 4.69) is 10.5 Å². The van der Waals surface area contributed by atoms with Gasteiger partial charge in [0, 0.05) is 19.0 Å². The van der Waals surface area contributed by atoms with E-state index in [-0.39, 0.29) is 35.6 Å². The molecule has 0 unspecified atom stereocenters. The average molecular weight is 510 g/mol. The number of sulfonamides is 1. The van der Waals surface area contributed by atoms with E-state index in [1.807, 2.05) is 56.3 Å². The fourth-order valence-corrected chi connectivity index (χ4v) is 6.01. The van der Waals surface area contributed by atoms with Crippen LogP contribution < -0.4 is 10.1 Å². The summed E-state index contributed by atoms with van der Waals surface area (Å²) in [7, 11) is -2.29. The number of nitrogens with zero attached hydrogens (tertiary/aromatic N) is 2. The summed E-state index contributed by atoms with van der Waals surface area (Å²) >= 11 is 0. The first-order valence-corrected chi connectivity index (χ1v) is 13.3. The van der Waals surface area contributed by atoms with Crippen molar-refractivity contribution in [1.29, 1.82) is 0 Å². The molecule has 1 amide bonds. The number of aryl methyl sites for hydroxylation is 3. The monoisotopic (exact) mass is 509 g/mol. The lowest BCUT2D eigenvalue weighted by atomic mass is 9.97. The Morgan fingerprint density at radius 1 is 1.06 bits per heavy atom. The lowest BCUT2D eigenvalue weighted by Gasteiger charge is -2.30. The van der Waals surface area contributed by atoms with Crippen LogP contribution in [-0.2, 0) is 14.8 Å². The van der Waals surface area contributed by atoms with E-state index in [4.69, 9.17) is 9.26 Å². The molecule has 0 aliphatic carbocycles. The molecular formula is C27H31N3O5S. The molecule has 1 aliphatic heterocycles. The number of hydrogen-bond donors (Lipinski definition) is 1. The first-order chi connectivity index (χ1) is 17.2. The van der Waals surface area contributed by atoms with Gasteiger partial charge in [-0.15, -0.1) is 0 Å². The van der Waals surface area contributed by atoms with E-state index in [1.54, 1.807) is 26.2 Å². The molecule has 0 bridgehead atoms. The highest BCUT2D eigenvalue weighted by Crippen LogP contribution is 2.31. The van der Waals surface area contributed by atoms with Crippen molar-refractivity contribution in [2.75, 3.05) is 25.5 Å². The maximum absolute atomic E-state index is 13.5. The zero-order valence-corrected chi connectivity index (χ0v) is 21.8. The number of carbonyl (C=O) groups excluding carboxylic acids is 1. The Balaban J connectivity index is 1.45. The third-order valence-corrected chi connectivity index (χ3v) is 8.43. The van der Waals surface area contributed by atoms with Gasteiger partial charge in [0.1, 0.15) is 11.4 Å². The largest absolute Gasteiger partial charge is 0.495 e. The van der Waals surface area contributed by atoms with Gasteiger partial charge >= 0.3 is 0 Å². The van der Waals surface area contributed by atoms with Gasteiger partial charge < -0.3 is 14.6 Å². The summed E-state index contributed by atoms with van der Waals surface area (Å²) in [6.45, 7) is 6.03. The number of aromatic nitrogens is 1. The van der Waals surface area contributed by atoms with E-state index in [1.165, 1.54) is 4.31 Å². The lowest BCUT2D eigenvalue weighted by Crippen LogP contribution is -2.41. The lowest BCUT2D eigenvalue weighted by molar-refractivity contribution is -0.120. The number of anilines is 1. The number of nitrogens with one attached hydrogen (secondary N) is 1. The molecule has 2 heterocycles. The molecule has 1 saturated heterocycles. The molecule has 1 aliphatic rings.